The van der Waals surface area contributed by atoms with Gasteiger partial charge in [0, 0.05) is 18.7 Å². The van der Waals surface area contributed by atoms with Crippen LogP contribution in [0.2, 0.25) is 0 Å². The van der Waals surface area contributed by atoms with Gasteiger partial charge in [0.25, 0.3) is 5.91 Å². The van der Waals surface area contributed by atoms with E-state index in [1.54, 1.807) is 12.1 Å². The van der Waals surface area contributed by atoms with Crippen molar-refractivity contribution in [3.63, 3.8) is 0 Å². The smallest absolute Gasteiger partial charge is 0.335 e. The van der Waals surface area contributed by atoms with Crippen LogP contribution >= 0.6 is 0 Å². The topological polar surface area (TPSA) is 75.6 Å². The monoisotopic (exact) mass is 291 g/mol. The summed E-state index contributed by atoms with van der Waals surface area (Å²) in [6.07, 6.45) is 3.47. The van der Waals surface area contributed by atoms with Gasteiger partial charge < -0.3 is 15.2 Å². The molecule has 2 N–H and O–H groups in total. The first-order valence-electron chi connectivity index (χ1n) is 7.33. The second-order valence-electron chi connectivity index (χ2n) is 5.35. The van der Waals surface area contributed by atoms with Gasteiger partial charge in [-0.3, -0.25) is 4.79 Å². The Morgan fingerprint density at radius 1 is 1.33 bits per heavy atom. The maximum Gasteiger partial charge on any atom is 0.335 e. The van der Waals surface area contributed by atoms with Crippen LogP contribution in [0.1, 0.15) is 46.9 Å². The Labute approximate surface area is 124 Å². The Morgan fingerprint density at radius 2 is 2.05 bits per heavy atom. The van der Waals surface area contributed by atoms with Gasteiger partial charge >= 0.3 is 5.97 Å². The molecule has 114 valence electrons. The van der Waals surface area contributed by atoms with Crippen LogP contribution < -0.4 is 5.32 Å². The second kappa shape index (κ2) is 7.22. The van der Waals surface area contributed by atoms with E-state index in [2.05, 4.69) is 5.32 Å². The number of ether oxygens (including phenoxy) is 1. The number of carbonyl (C=O) groups excluding carboxylic acids is 1. The van der Waals surface area contributed by atoms with Crippen LogP contribution in [0.3, 0.4) is 0 Å². The zero-order valence-corrected chi connectivity index (χ0v) is 12.2. The van der Waals surface area contributed by atoms with Crippen molar-refractivity contribution < 1.29 is 19.4 Å². The van der Waals surface area contributed by atoms with E-state index in [1.165, 1.54) is 12.1 Å². The predicted octanol–water partition coefficient (Wildman–Crippen LogP) is 2.32. The molecule has 0 aliphatic heterocycles. The number of carboxylic acids is 1. The molecule has 0 saturated heterocycles. The molecule has 5 heteroatoms. The molecule has 1 aromatic rings. The summed E-state index contributed by atoms with van der Waals surface area (Å²) in [4.78, 5) is 22.8. The molecule has 1 aromatic carbocycles. The van der Waals surface area contributed by atoms with E-state index < -0.39 is 5.97 Å². The summed E-state index contributed by atoms with van der Waals surface area (Å²) in [6, 6.07) is 6.07. The molecule has 0 heterocycles. The first-order valence-corrected chi connectivity index (χ1v) is 7.33. The molecule has 0 bridgehead atoms. The zero-order chi connectivity index (χ0) is 15.2. The summed E-state index contributed by atoms with van der Waals surface area (Å²) in [5, 5.41) is 11.7. The normalized spacial score (nSPS) is 20.6. The fraction of sp³-hybridized carbons (Fsp3) is 0.500. The van der Waals surface area contributed by atoms with E-state index in [0.717, 1.165) is 25.9 Å². The van der Waals surface area contributed by atoms with Gasteiger partial charge in [-0.1, -0.05) is 6.07 Å². The molecule has 1 aliphatic rings. The summed E-state index contributed by atoms with van der Waals surface area (Å²) in [7, 11) is 0. The minimum atomic E-state index is -1.03. The van der Waals surface area contributed by atoms with Crippen LogP contribution in [0.4, 0.5) is 0 Å². The number of hydrogen-bond donors (Lipinski definition) is 2. The van der Waals surface area contributed by atoms with Gasteiger partial charge in [-0.15, -0.1) is 0 Å². The van der Waals surface area contributed by atoms with E-state index in [-0.39, 0.29) is 11.5 Å². The predicted molar refractivity (Wildman–Crippen MR) is 78.5 cm³/mol. The van der Waals surface area contributed by atoms with Crippen LogP contribution in [-0.4, -0.2) is 36.2 Å². The fourth-order valence-electron chi connectivity index (χ4n) is 2.57. The van der Waals surface area contributed by atoms with Gasteiger partial charge in [-0.05, 0) is 50.3 Å². The van der Waals surface area contributed by atoms with Gasteiger partial charge in [0.1, 0.15) is 0 Å². The van der Waals surface area contributed by atoms with Crippen molar-refractivity contribution in [1.29, 1.82) is 0 Å². The summed E-state index contributed by atoms with van der Waals surface area (Å²) < 4.78 is 5.50. The van der Waals surface area contributed by atoms with Gasteiger partial charge in [0.15, 0.2) is 0 Å². The van der Waals surface area contributed by atoms with Crippen molar-refractivity contribution in [3.8, 4) is 0 Å². The van der Waals surface area contributed by atoms with Crippen LogP contribution in [0.25, 0.3) is 0 Å². The lowest BCUT2D eigenvalue weighted by Crippen LogP contribution is -2.34. The van der Waals surface area contributed by atoms with E-state index in [9.17, 15) is 9.59 Å². The average molecular weight is 291 g/mol. The van der Waals surface area contributed by atoms with Crippen LogP contribution in [0.5, 0.6) is 0 Å². The molecule has 1 amide bonds. The Hall–Kier alpha value is -1.88. The molecular weight excluding hydrogens is 270 g/mol. The van der Waals surface area contributed by atoms with E-state index in [0.29, 0.717) is 24.1 Å². The third-order valence-electron chi connectivity index (χ3n) is 3.80. The fourth-order valence-corrected chi connectivity index (χ4v) is 2.57. The van der Waals surface area contributed by atoms with Crippen molar-refractivity contribution in [3.05, 3.63) is 35.4 Å². The number of carbonyl (C=O) groups is 2. The first kappa shape index (κ1) is 15.5. The standard InChI is InChI=1S/C16H21NO4/c1-2-21-14-8-11(9-14)6-7-17-15(18)12-4-3-5-13(10-12)16(19)20/h3-5,10-11,14H,2,6-9H2,1H3,(H,17,18)(H,19,20). The molecule has 2 rings (SSSR count). The Kier molecular flexibility index (Phi) is 5.33. The highest BCUT2D eigenvalue weighted by Gasteiger charge is 2.28. The second-order valence-corrected chi connectivity index (χ2v) is 5.35. The van der Waals surface area contributed by atoms with E-state index in [4.69, 9.17) is 9.84 Å². The third-order valence-corrected chi connectivity index (χ3v) is 3.80. The number of hydrogen-bond acceptors (Lipinski definition) is 3. The quantitative estimate of drug-likeness (QED) is 0.808. The highest BCUT2D eigenvalue weighted by Crippen LogP contribution is 2.32. The van der Waals surface area contributed by atoms with Crippen molar-refractivity contribution in [1.82, 2.24) is 5.32 Å². The molecule has 5 nitrogen and oxygen atoms in total. The summed E-state index contributed by atoms with van der Waals surface area (Å²) in [5.41, 5.74) is 0.511. The molecule has 0 radical (unpaired) electrons. The molecule has 0 atom stereocenters. The van der Waals surface area contributed by atoms with Gasteiger partial charge in [0.2, 0.25) is 0 Å². The molecule has 0 unspecified atom stereocenters. The van der Waals surface area contributed by atoms with Crippen molar-refractivity contribution in [2.45, 2.75) is 32.3 Å². The molecule has 21 heavy (non-hydrogen) atoms. The number of benzene rings is 1. The lowest BCUT2D eigenvalue weighted by atomic mass is 9.80. The van der Waals surface area contributed by atoms with E-state index in [1.807, 2.05) is 6.92 Å². The van der Waals surface area contributed by atoms with Crippen LogP contribution in [0, 0.1) is 5.92 Å². The molecule has 1 aliphatic carbocycles. The minimum absolute atomic E-state index is 0.126. The Bertz CT molecular complexity index is 509. The lowest BCUT2D eigenvalue weighted by molar-refractivity contribution is -0.0261. The number of amides is 1. The first-order chi connectivity index (χ1) is 10.1. The number of aromatic carboxylic acids is 1. The van der Waals surface area contributed by atoms with E-state index >= 15 is 0 Å². The number of carboxylic acid groups (broad SMARTS) is 1. The maximum atomic E-state index is 11.9. The zero-order valence-electron chi connectivity index (χ0n) is 12.2. The highest BCUT2D eigenvalue weighted by atomic mass is 16.5. The minimum Gasteiger partial charge on any atom is -0.478 e. The molecule has 1 fully saturated rings. The average Bonchev–Trinajstić information content (AvgIpc) is 2.44. The molecular formula is C16H21NO4. The SMILES string of the molecule is CCOC1CC(CCNC(=O)c2cccc(C(=O)O)c2)C1. The third kappa shape index (κ3) is 4.29. The van der Waals surface area contributed by atoms with Crippen LogP contribution in [-0.2, 0) is 4.74 Å². The highest BCUT2D eigenvalue weighted by molar-refractivity contribution is 5.97. The summed E-state index contributed by atoms with van der Waals surface area (Å²) in [5.74, 6) is -0.632. The largest absolute Gasteiger partial charge is 0.478 e. The lowest BCUT2D eigenvalue weighted by Gasteiger charge is -2.34. The van der Waals surface area contributed by atoms with Crippen molar-refractivity contribution in [2.75, 3.05) is 13.2 Å². The summed E-state index contributed by atoms with van der Waals surface area (Å²) in [6.45, 7) is 3.37. The van der Waals surface area contributed by atoms with Crippen molar-refractivity contribution >= 4 is 11.9 Å². The summed E-state index contributed by atoms with van der Waals surface area (Å²) >= 11 is 0. The van der Waals surface area contributed by atoms with Crippen LogP contribution in [0.15, 0.2) is 24.3 Å². The Morgan fingerprint density at radius 3 is 2.71 bits per heavy atom. The number of nitrogens with one attached hydrogen (secondary N) is 1. The molecule has 0 aromatic heterocycles. The van der Waals surface area contributed by atoms with Gasteiger partial charge in [-0.25, -0.2) is 4.79 Å². The van der Waals surface area contributed by atoms with Gasteiger partial charge in [0.05, 0.1) is 11.7 Å². The molecule has 1 saturated carbocycles. The maximum absolute atomic E-state index is 11.9. The molecule has 0 spiro atoms. The van der Waals surface area contributed by atoms with Crippen molar-refractivity contribution in [2.24, 2.45) is 5.92 Å². The van der Waals surface area contributed by atoms with Gasteiger partial charge in [-0.2, -0.15) is 0 Å². The number of rotatable bonds is 7. The Balaban J connectivity index is 1.73.